The van der Waals surface area contributed by atoms with Gasteiger partial charge in [0.2, 0.25) is 5.91 Å². The molecule has 184 valence electrons. The molecular formula is C27H34N6O2. The van der Waals surface area contributed by atoms with Gasteiger partial charge >= 0.3 is 0 Å². The fourth-order valence-electron chi connectivity index (χ4n) is 4.96. The van der Waals surface area contributed by atoms with Gasteiger partial charge in [0.1, 0.15) is 6.04 Å². The molecule has 0 aliphatic carbocycles. The molecule has 35 heavy (non-hydrogen) atoms. The summed E-state index contributed by atoms with van der Waals surface area (Å²) in [5.41, 5.74) is 3.55. The molecule has 8 nitrogen and oxygen atoms in total. The van der Waals surface area contributed by atoms with Gasteiger partial charge < -0.3 is 10.2 Å². The zero-order valence-corrected chi connectivity index (χ0v) is 21.1. The summed E-state index contributed by atoms with van der Waals surface area (Å²) in [4.78, 5) is 29.1. The Bertz CT molecular complexity index is 1200. The lowest BCUT2D eigenvalue weighted by Crippen LogP contribution is -2.44. The summed E-state index contributed by atoms with van der Waals surface area (Å²) in [5.74, 6) is 0.0716. The van der Waals surface area contributed by atoms with Crippen LogP contribution in [0.4, 0.5) is 5.69 Å². The van der Waals surface area contributed by atoms with Crippen LogP contribution >= 0.6 is 0 Å². The number of para-hydroxylation sites is 1. The molecular weight excluding hydrogens is 440 g/mol. The molecule has 1 aromatic heterocycles. The first kappa shape index (κ1) is 24.6. The molecule has 0 radical (unpaired) electrons. The molecule has 2 amide bonds. The van der Waals surface area contributed by atoms with Gasteiger partial charge in [0.15, 0.2) is 5.82 Å². The quantitative estimate of drug-likeness (QED) is 0.524. The molecule has 4 rings (SSSR count). The molecule has 1 aliphatic rings. The van der Waals surface area contributed by atoms with Crippen LogP contribution in [-0.4, -0.2) is 39.1 Å². The maximum Gasteiger partial charge on any atom is 0.253 e. The molecule has 3 atom stereocenters. The molecule has 0 spiro atoms. The number of rotatable bonds is 8. The Balaban J connectivity index is 1.69. The van der Waals surface area contributed by atoms with Crippen molar-refractivity contribution in [3.05, 3.63) is 59.9 Å². The highest BCUT2D eigenvalue weighted by atomic mass is 16.2. The van der Waals surface area contributed by atoms with E-state index in [1.807, 2.05) is 55.5 Å². The van der Waals surface area contributed by atoms with Crippen LogP contribution in [-0.2, 0) is 16.1 Å². The van der Waals surface area contributed by atoms with Crippen LogP contribution in [0.2, 0.25) is 0 Å². The van der Waals surface area contributed by atoms with E-state index in [0.717, 1.165) is 28.8 Å². The number of carbonyl (C=O) groups is 2. The zero-order chi connectivity index (χ0) is 25.1. The summed E-state index contributed by atoms with van der Waals surface area (Å²) in [6.45, 7) is 8.95. The van der Waals surface area contributed by atoms with Crippen molar-refractivity contribution in [2.24, 2.45) is 11.8 Å². The number of likely N-dealkylation sites (N-methyl/N-ethyl adjacent to an activating group) is 1. The molecule has 1 aliphatic heterocycles. The minimum Gasteiger partial charge on any atom is -0.340 e. The third-order valence-electron chi connectivity index (χ3n) is 6.76. The smallest absolute Gasteiger partial charge is 0.253 e. The van der Waals surface area contributed by atoms with E-state index in [1.165, 1.54) is 0 Å². The van der Waals surface area contributed by atoms with E-state index in [1.54, 1.807) is 16.6 Å². The van der Waals surface area contributed by atoms with E-state index in [0.29, 0.717) is 18.8 Å². The Morgan fingerprint density at radius 3 is 2.46 bits per heavy atom. The Hall–Kier alpha value is -3.55. The van der Waals surface area contributed by atoms with Crippen molar-refractivity contribution in [3.63, 3.8) is 0 Å². The Morgan fingerprint density at radius 2 is 1.74 bits per heavy atom. The van der Waals surface area contributed by atoms with Crippen LogP contribution < -0.4 is 10.2 Å². The van der Waals surface area contributed by atoms with E-state index in [9.17, 15) is 9.59 Å². The monoisotopic (exact) mass is 474 g/mol. The lowest BCUT2D eigenvalue weighted by atomic mass is 9.84. The first-order valence-corrected chi connectivity index (χ1v) is 12.4. The molecule has 2 heterocycles. The van der Waals surface area contributed by atoms with Gasteiger partial charge in [-0.3, -0.25) is 9.59 Å². The van der Waals surface area contributed by atoms with Crippen molar-refractivity contribution in [3.8, 4) is 11.1 Å². The maximum atomic E-state index is 13.8. The fraction of sp³-hybridized carbons (Fsp3) is 0.444. The zero-order valence-electron chi connectivity index (χ0n) is 21.1. The van der Waals surface area contributed by atoms with E-state index in [2.05, 4.69) is 41.6 Å². The lowest BCUT2D eigenvalue weighted by molar-refractivity contribution is -0.131. The van der Waals surface area contributed by atoms with Gasteiger partial charge in [0.05, 0.1) is 5.69 Å². The van der Waals surface area contributed by atoms with E-state index in [-0.39, 0.29) is 29.6 Å². The largest absolute Gasteiger partial charge is 0.340 e. The minimum atomic E-state index is -0.787. The summed E-state index contributed by atoms with van der Waals surface area (Å²) in [7, 11) is 1.76. The first-order valence-electron chi connectivity index (χ1n) is 12.4. The standard InChI is InChI=1S/C27H34N6O2/c1-6-15-33-25(29-30-31-33)18(4)22(16-17(2)3)26(34)28-24-21-13-8-7-11-19(21)20-12-9-10-14-23(20)32(5)27(24)35/h7-14,17-18,22,24H,6,15-16H2,1-5H3,(H,28,34). The number of nitrogens with zero attached hydrogens (tertiary/aromatic N) is 5. The highest BCUT2D eigenvalue weighted by molar-refractivity contribution is 6.06. The number of hydrogen-bond donors (Lipinski definition) is 1. The van der Waals surface area contributed by atoms with Gasteiger partial charge in [-0.15, -0.1) is 5.10 Å². The van der Waals surface area contributed by atoms with Crippen LogP contribution in [0.15, 0.2) is 48.5 Å². The fourth-order valence-corrected chi connectivity index (χ4v) is 4.96. The Labute approximate surface area is 206 Å². The van der Waals surface area contributed by atoms with Gasteiger partial charge in [-0.05, 0) is 46.4 Å². The lowest BCUT2D eigenvalue weighted by Gasteiger charge is -2.28. The molecule has 0 bridgehead atoms. The van der Waals surface area contributed by atoms with Crippen LogP contribution in [0.25, 0.3) is 11.1 Å². The van der Waals surface area contributed by atoms with Crippen molar-refractivity contribution in [1.29, 1.82) is 0 Å². The number of nitrogens with one attached hydrogen (secondary N) is 1. The maximum absolute atomic E-state index is 13.8. The van der Waals surface area contributed by atoms with Crippen LogP contribution in [0, 0.1) is 11.8 Å². The minimum absolute atomic E-state index is 0.162. The van der Waals surface area contributed by atoms with Crippen molar-refractivity contribution < 1.29 is 9.59 Å². The van der Waals surface area contributed by atoms with Gasteiger partial charge in [-0.1, -0.05) is 70.2 Å². The average Bonchev–Trinajstić information content (AvgIpc) is 3.30. The van der Waals surface area contributed by atoms with Crippen molar-refractivity contribution in [2.75, 3.05) is 11.9 Å². The predicted molar refractivity (Wildman–Crippen MR) is 136 cm³/mol. The van der Waals surface area contributed by atoms with E-state index < -0.39 is 6.04 Å². The molecule has 1 N–H and O–H groups in total. The van der Waals surface area contributed by atoms with Crippen molar-refractivity contribution >= 4 is 17.5 Å². The van der Waals surface area contributed by atoms with Crippen LogP contribution in [0.5, 0.6) is 0 Å². The van der Waals surface area contributed by atoms with E-state index >= 15 is 0 Å². The van der Waals surface area contributed by atoms with Gasteiger partial charge in [0, 0.05) is 31.0 Å². The molecule has 3 unspecified atom stereocenters. The molecule has 0 saturated carbocycles. The SMILES string of the molecule is CCCn1nnnc1C(C)C(CC(C)C)C(=O)NC1C(=O)N(C)c2ccccc2-c2ccccc21. The van der Waals surface area contributed by atoms with Gasteiger partial charge in [-0.2, -0.15) is 0 Å². The summed E-state index contributed by atoms with van der Waals surface area (Å²) in [5, 5.41) is 15.3. The topological polar surface area (TPSA) is 93.0 Å². The second-order valence-electron chi connectivity index (χ2n) is 9.73. The number of aryl methyl sites for hydroxylation is 1. The highest BCUT2D eigenvalue weighted by Crippen LogP contribution is 2.40. The van der Waals surface area contributed by atoms with E-state index in [4.69, 9.17) is 0 Å². The number of benzene rings is 2. The number of tetrazole rings is 1. The third-order valence-corrected chi connectivity index (χ3v) is 6.76. The molecule has 0 fully saturated rings. The molecule has 3 aromatic rings. The Morgan fingerprint density at radius 1 is 1.06 bits per heavy atom. The summed E-state index contributed by atoms with van der Waals surface area (Å²) >= 11 is 0. The third kappa shape index (κ3) is 4.83. The number of carbonyl (C=O) groups excluding carboxylic acids is 2. The van der Waals surface area contributed by atoms with Crippen LogP contribution in [0.3, 0.4) is 0 Å². The number of amides is 2. The molecule has 2 aromatic carbocycles. The summed E-state index contributed by atoms with van der Waals surface area (Å²) in [6, 6.07) is 14.9. The first-order chi connectivity index (χ1) is 16.8. The van der Waals surface area contributed by atoms with Gasteiger partial charge in [-0.25, -0.2) is 4.68 Å². The second-order valence-corrected chi connectivity index (χ2v) is 9.73. The Kier molecular flexibility index (Phi) is 7.28. The normalized spacial score (nSPS) is 16.9. The molecule has 8 heteroatoms. The summed E-state index contributed by atoms with van der Waals surface area (Å²) < 4.78 is 1.78. The predicted octanol–water partition coefficient (Wildman–Crippen LogP) is 4.35. The second kappa shape index (κ2) is 10.4. The van der Waals surface area contributed by atoms with Gasteiger partial charge in [0.25, 0.3) is 5.91 Å². The van der Waals surface area contributed by atoms with Crippen molar-refractivity contribution in [1.82, 2.24) is 25.5 Å². The van der Waals surface area contributed by atoms with Crippen LogP contribution in [0.1, 0.15) is 63.9 Å². The highest BCUT2D eigenvalue weighted by Gasteiger charge is 2.37. The summed E-state index contributed by atoms with van der Waals surface area (Å²) in [6.07, 6.45) is 1.55. The number of hydrogen-bond acceptors (Lipinski definition) is 5. The number of fused-ring (bicyclic) bond motifs is 3. The number of aromatic nitrogens is 4. The number of anilines is 1. The molecule has 0 saturated heterocycles. The van der Waals surface area contributed by atoms with Crippen molar-refractivity contribution in [2.45, 2.75) is 59.0 Å². The average molecular weight is 475 g/mol.